The Bertz CT molecular complexity index is 549. The standard InChI is InChI=1S/C13H15F2N3/c1-3-11-12(8-18(2)17-11)16-7-9-5-4-6-10(14)13(9)15/h4-6,8,16H,3,7H2,1-2H3. The van der Waals surface area contributed by atoms with E-state index in [-0.39, 0.29) is 6.54 Å². The minimum Gasteiger partial charge on any atom is -0.378 e. The molecule has 0 atom stereocenters. The van der Waals surface area contributed by atoms with Crippen molar-refractivity contribution >= 4 is 5.69 Å². The van der Waals surface area contributed by atoms with Crippen LogP contribution in [-0.2, 0) is 20.0 Å². The molecule has 0 aliphatic carbocycles. The summed E-state index contributed by atoms with van der Waals surface area (Å²) in [6.45, 7) is 2.23. The zero-order valence-electron chi connectivity index (χ0n) is 10.4. The number of hydrogen-bond donors (Lipinski definition) is 1. The van der Waals surface area contributed by atoms with Gasteiger partial charge in [-0.05, 0) is 12.5 Å². The van der Waals surface area contributed by atoms with Gasteiger partial charge >= 0.3 is 0 Å². The third kappa shape index (κ3) is 2.50. The second kappa shape index (κ2) is 5.16. The summed E-state index contributed by atoms with van der Waals surface area (Å²) in [6.07, 6.45) is 2.62. The smallest absolute Gasteiger partial charge is 0.163 e. The normalized spacial score (nSPS) is 10.7. The molecule has 0 saturated heterocycles. The highest BCUT2D eigenvalue weighted by atomic mass is 19.2. The van der Waals surface area contributed by atoms with Gasteiger partial charge in [-0.1, -0.05) is 19.1 Å². The highest BCUT2D eigenvalue weighted by Gasteiger charge is 2.09. The van der Waals surface area contributed by atoms with Crippen LogP contribution in [0, 0.1) is 11.6 Å². The summed E-state index contributed by atoms with van der Waals surface area (Å²) in [7, 11) is 1.83. The first kappa shape index (κ1) is 12.5. The van der Waals surface area contributed by atoms with E-state index in [2.05, 4.69) is 10.4 Å². The molecular weight excluding hydrogens is 236 g/mol. The molecule has 0 amide bonds. The van der Waals surface area contributed by atoms with Gasteiger partial charge in [0.1, 0.15) is 0 Å². The summed E-state index contributed by atoms with van der Waals surface area (Å²) >= 11 is 0. The quantitative estimate of drug-likeness (QED) is 0.905. The van der Waals surface area contributed by atoms with Gasteiger partial charge in [0, 0.05) is 25.4 Å². The van der Waals surface area contributed by atoms with Crippen LogP contribution in [0.25, 0.3) is 0 Å². The van der Waals surface area contributed by atoms with E-state index in [1.807, 2.05) is 20.2 Å². The summed E-state index contributed by atoms with van der Waals surface area (Å²) in [4.78, 5) is 0. The highest BCUT2D eigenvalue weighted by Crippen LogP contribution is 2.17. The van der Waals surface area contributed by atoms with E-state index in [9.17, 15) is 8.78 Å². The van der Waals surface area contributed by atoms with E-state index in [0.717, 1.165) is 23.9 Å². The van der Waals surface area contributed by atoms with Gasteiger partial charge in [-0.3, -0.25) is 4.68 Å². The average molecular weight is 251 g/mol. The van der Waals surface area contributed by atoms with E-state index in [1.54, 1.807) is 10.7 Å². The number of nitrogens with zero attached hydrogens (tertiary/aromatic N) is 2. The fourth-order valence-electron chi connectivity index (χ4n) is 1.82. The van der Waals surface area contributed by atoms with Crippen molar-refractivity contribution in [2.75, 3.05) is 5.32 Å². The molecule has 18 heavy (non-hydrogen) atoms. The molecule has 0 unspecified atom stereocenters. The molecular formula is C13H15F2N3. The molecule has 0 aliphatic heterocycles. The van der Waals surface area contributed by atoms with Gasteiger partial charge in [0.25, 0.3) is 0 Å². The number of rotatable bonds is 4. The van der Waals surface area contributed by atoms with E-state index < -0.39 is 11.6 Å². The van der Waals surface area contributed by atoms with E-state index in [1.165, 1.54) is 6.07 Å². The molecule has 0 aliphatic rings. The Kier molecular flexibility index (Phi) is 3.60. The molecule has 2 aromatic rings. The van der Waals surface area contributed by atoms with Gasteiger partial charge in [-0.25, -0.2) is 8.78 Å². The van der Waals surface area contributed by atoms with Crippen LogP contribution in [0.1, 0.15) is 18.2 Å². The number of halogens is 2. The summed E-state index contributed by atoms with van der Waals surface area (Å²) in [5.74, 6) is -1.62. The maximum Gasteiger partial charge on any atom is 0.163 e. The molecule has 3 nitrogen and oxygen atoms in total. The molecule has 0 fully saturated rings. The van der Waals surface area contributed by atoms with Crippen LogP contribution in [0.3, 0.4) is 0 Å². The zero-order valence-corrected chi connectivity index (χ0v) is 10.4. The summed E-state index contributed by atoms with van der Waals surface area (Å²) in [5, 5.41) is 7.35. The fourth-order valence-corrected chi connectivity index (χ4v) is 1.82. The van der Waals surface area contributed by atoms with Crippen molar-refractivity contribution in [2.45, 2.75) is 19.9 Å². The Morgan fingerprint density at radius 3 is 2.83 bits per heavy atom. The Balaban J connectivity index is 2.13. The number of benzene rings is 1. The summed E-state index contributed by atoms with van der Waals surface area (Å²) in [5.41, 5.74) is 2.07. The van der Waals surface area contributed by atoms with Crippen LogP contribution in [0.2, 0.25) is 0 Å². The van der Waals surface area contributed by atoms with Gasteiger partial charge in [-0.2, -0.15) is 5.10 Å². The predicted molar refractivity (Wildman–Crippen MR) is 66.3 cm³/mol. The largest absolute Gasteiger partial charge is 0.378 e. The van der Waals surface area contributed by atoms with E-state index in [0.29, 0.717) is 5.56 Å². The van der Waals surface area contributed by atoms with Gasteiger partial charge in [0.05, 0.1) is 11.4 Å². The van der Waals surface area contributed by atoms with Crippen LogP contribution < -0.4 is 5.32 Å². The Labute approximate surface area is 104 Å². The molecule has 1 N–H and O–H groups in total. The Morgan fingerprint density at radius 1 is 1.33 bits per heavy atom. The SMILES string of the molecule is CCc1nn(C)cc1NCc1cccc(F)c1F. The van der Waals surface area contributed by atoms with Crippen molar-refractivity contribution in [2.24, 2.45) is 7.05 Å². The first-order valence-electron chi connectivity index (χ1n) is 5.81. The first-order valence-corrected chi connectivity index (χ1v) is 5.81. The molecule has 0 saturated carbocycles. The van der Waals surface area contributed by atoms with Crippen molar-refractivity contribution in [1.29, 1.82) is 0 Å². The van der Waals surface area contributed by atoms with Crippen molar-refractivity contribution < 1.29 is 8.78 Å². The highest BCUT2D eigenvalue weighted by molar-refractivity contribution is 5.46. The number of aryl methyl sites for hydroxylation is 2. The van der Waals surface area contributed by atoms with Crippen LogP contribution in [0.5, 0.6) is 0 Å². The van der Waals surface area contributed by atoms with Crippen molar-refractivity contribution in [3.63, 3.8) is 0 Å². The molecule has 0 radical (unpaired) electrons. The fraction of sp³-hybridized carbons (Fsp3) is 0.308. The van der Waals surface area contributed by atoms with Gasteiger partial charge < -0.3 is 5.32 Å². The second-order valence-corrected chi connectivity index (χ2v) is 4.08. The number of anilines is 1. The van der Waals surface area contributed by atoms with Gasteiger partial charge in [0.15, 0.2) is 11.6 Å². The molecule has 1 heterocycles. The zero-order chi connectivity index (χ0) is 13.1. The minimum absolute atomic E-state index is 0.238. The Morgan fingerprint density at radius 2 is 2.11 bits per heavy atom. The first-order chi connectivity index (χ1) is 8.61. The van der Waals surface area contributed by atoms with Crippen LogP contribution >= 0.6 is 0 Å². The van der Waals surface area contributed by atoms with Crippen molar-refractivity contribution in [3.8, 4) is 0 Å². The minimum atomic E-state index is -0.823. The van der Waals surface area contributed by atoms with Crippen molar-refractivity contribution in [1.82, 2.24) is 9.78 Å². The van der Waals surface area contributed by atoms with E-state index in [4.69, 9.17) is 0 Å². The summed E-state index contributed by atoms with van der Waals surface area (Å²) < 4.78 is 28.2. The molecule has 1 aromatic carbocycles. The lowest BCUT2D eigenvalue weighted by Crippen LogP contribution is -2.04. The predicted octanol–water partition coefficient (Wildman–Crippen LogP) is 2.87. The molecule has 2 rings (SSSR count). The monoisotopic (exact) mass is 251 g/mol. The topological polar surface area (TPSA) is 29.9 Å². The van der Waals surface area contributed by atoms with Crippen LogP contribution in [0.15, 0.2) is 24.4 Å². The third-order valence-corrected chi connectivity index (χ3v) is 2.74. The number of hydrogen-bond acceptors (Lipinski definition) is 2. The van der Waals surface area contributed by atoms with Gasteiger partial charge in [-0.15, -0.1) is 0 Å². The maximum absolute atomic E-state index is 13.5. The van der Waals surface area contributed by atoms with Crippen molar-refractivity contribution in [3.05, 3.63) is 47.3 Å². The van der Waals surface area contributed by atoms with Crippen LogP contribution in [0.4, 0.5) is 14.5 Å². The van der Waals surface area contributed by atoms with Gasteiger partial charge in [0.2, 0.25) is 0 Å². The second-order valence-electron chi connectivity index (χ2n) is 4.08. The summed E-state index contributed by atoms with van der Waals surface area (Å²) in [6, 6.07) is 4.17. The number of aromatic nitrogens is 2. The molecule has 96 valence electrons. The van der Waals surface area contributed by atoms with Crippen LogP contribution in [-0.4, -0.2) is 9.78 Å². The lowest BCUT2D eigenvalue weighted by atomic mass is 10.2. The van der Waals surface area contributed by atoms with E-state index >= 15 is 0 Å². The lowest BCUT2D eigenvalue weighted by Gasteiger charge is -2.07. The molecule has 0 spiro atoms. The number of nitrogens with one attached hydrogen (secondary N) is 1. The third-order valence-electron chi connectivity index (χ3n) is 2.74. The lowest BCUT2D eigenvalue weighted by molar-refractivity contribution is 0.500. The molecule has 1 aromatic heterocycles. The maximum atomic E-state index is 13.5. The Hall–Kier alpha value is -1.91. The molecule has 0 bridgehead atoms. The molecule has 5 heteroatoms. The average Bonchev–Trinajstić information content (AvgIpc) is 2.71.